The molecule has 19 heavy (non-hydrogen) atoms. The fraction of sp³-hybridized carbons (Fsp3) is 0.467. The first-order chi connectivity index (χ1) is 8.90. The molecule has 0 saturated carbocycles. The van der Waals surface area contributed by atoms with Crippen LogP contribution in [-0.2, 0) is 14.9 Å². The molecule has 102 valence electrons. The number of hydrogen-bond acceptors (Lipinski definition) is 4. The zero-order valence-corrected chi connectivity index (χ0v) is 11.6. The molecule has 0 amide bonds. The Morgan fingerprint density at radius 2 is 2.16 bits per heavy atom. The van der Waals surface area contributed by atoms with Crippen molar-refractivity contribution in [2.75, 3.05) is 7.11 Å². The lowest BCUT2D eigenvalue weighted by Gasteiger charge is -2.25. The van der Waals surface area contributed by atoms with E-state index >= 15 is 0 Å². The van der Waals surface area contributed by atoms with E-state index in [0.717, 1.165) is 18.4 Å². The number of carbonyl (C=O) groups is 1. The van der Waals surface area contributed by atoms with Gasteiger partial charge in [-0.1, -0.05) is 19.9 Å². The number of benzene rings is 1. The van der Waals surface area contributed by atoms with Gasteiger partial charge in [-0.3, -0.25) is 4.79 Å². The molecule has 1 rings (SSSR count). The van der Waals surface area contributed by atoms with Crippen molar-refractivity contribution < 1.29 is 14.6 Å². The normalized spacial score (nSPS) is 10.8. The molecule has 0 fully saturated rings. The highest BCUT2D eigenvalue weighted by Crippen LogP contribution is 2.31. The first-order valence-electron chi connectivity index (χ1n) is 6.21. The van der Waals surface area contributed by atoms with Gasteiger partial charge in [0.05, 0.1) is 12.7 Å². The molecular weight excluding hydrogens is 242 g/mol. The second-order valence-corrected chi connectivity index (χ2v) is 5.16. The lowest BCUT2D eigenvalue weighted by atomic mass is 9.79. The number of nitriles is 1. The van der Waals surface area contributed by atoms with Crippen molar-refractivity contribution in [3.8, 4) is 11.8 Å². The van der Waals surface area contributed by atoms with Crippen molar-refractivity contribution >= 4 is 5.97 Å². The SMILES string of the molecule is COC(=O)CCCC(C)(C)c1ccc(O)c(C#N)c1. The number of aromatic hydroxyl groups is 1. The zero-order valence-electron chi connectivity index (χ0n) is 11.6. The Balaban J connectivity index is 2.77. The average Bonchev–Trinajstić information content (AvgIpc) is 2.38. The highest BCUT2D eigenvalue weighted by molar-refractivity contribution is 5.69. The van der Waals surface area contributed by atoms with Crippen molar-refractivity contribution in [1.82, 2.24) is 0 Å². The molecule has 0 heterocycles. The lowest BCUT2D eigenvalue weighted by Crippen LogP contribution is -2.18. The summed E-state index contributed by atoms with van der Waals surface area (Å²) in [5.41, 5.74) is 1.10. The Morgan fingerprint density at radius 1 is 1.47 bits per heavy atom. The third kappa shape index (κ3) is 3.99. The number of methoxy groups -OCH3 is 1. The van der Waals surface area contributed by atoms with Gasteiger partial charge in [-0.25, -0.2) is 0 Å². The summed E-state index contributed by atoms with van der Waals surface area (Å²) in [5.74, 6) is -0.212. The number of carbonyl (C=O) groups excluding carboxylic acids is 1. The molecule has 0 aliphatic carbocycles. The van der Waals surface area contributed by atoms with E-state index in [-0.39, 0.29) is 22.7 Å². The number of phenolic OH excluding ortho intramolecular Hbond substituents is 1. The molecule has 1 N–H and O–H groups in total. The summed E-state index contributed by atoms with van der Waals surface area (Å²) >= 11 is 0. The quantitative estimate of drug-likeness (QED) is 0.827. The minimum atomic E-state index is -0.209. The van der Waals surface area contributed by atoms with Crippen LogP contribution in [0.2, 0.25) is 0 Å². The van der Waals surface area contributed by atoms with Gasteiger partial charge in [-0.05, 0) is 36.0 Å². The molecule has 0 spiro atoms. The molecule has 0 radical (unpaired) electrons. The summed E-state index contributed by atoms with van der Waals surface area (Å²) in [5, 5.41) is 18.4. The number of nitrogens with zero attached hydrogens (tertiary/aromatic N) is 1. The number of esters is 1. The van der Waals surface area contributed by atoms with Gasteiger partial charge in [0.25, 0.3) is 0 Å². The second-order valence-electron chi connectivity index (χ2n) is 5.16. The maximum atomic E-state index is 11.1. The smallest absolute Gasteiger partial charge is 0.305 e. The topological polar surface area (TPSA) is 70.3 Å². The molecule has 1 aromatic rings. The van der Waals surface area contributed by atoms with E-state index in [1.165, 1.54) is 13.2 Å². The Bertz CT molecular complexity index is 501. The molecule has 1 aromatic carbocycles. The van der Waals surface area contributed by atoms with Gasteiger partial charge in [0.2, 0.25) is 0 Å². The van der Waals surface area contributed by atoms with Crippen LogP contribution >= 0.6 is 0 Å². The predicted octanol–water partition coefficient (Wildman–Crippen LogP) is 2.88. The summed E-state index contributed by atoms with van der Waals surface area (Å²) in [6, 6.07) is 7.02. The van der Waals surface area contributed by atoms with Crippen molar-refractivity contribution in [2.24, 2.45) is 0 Å². The molecule has 0 saturated heterocycles. The lowest BCUT2D eigenvalue weighted by molar-refractivity contribution is -0.140. The highest BCUT2D eigenvalue weighted by Gasteiger charge is 2.21. The van der Waals surface area contributed by atoms with E-state index in [0.29, 0.717) is 6.42 Å². The molecule has 4 heteroatoms. The summed E-state index contributed by atoms with van der Waals surface area (Å²) in [6.07, 6.45) is 1.92. The van der Waals surface area contributed by atoms with Crippen molar-refractivity contribution in [3.63, 3.8) is 0 Å². The molecule has 0 unspecified atom stereocenters. The first kappa shape index (κ1) is 15.0. The van der Waals surface area contributed by atoms with Crippen molar-refractivity contribution in [2.45, 2.75) is 38.5 Å². The highest BCUT2D eigenvalue weighted by atomic mass is 16.5. The van der Waals surface area contributed by atoms with Crippen LogP contribution in [0.5, 0.6) is 5.75 Å². The minimum Gasteiger partial charge on any atom is -0.507 e. The van der Waals surface area contributed by atoms with Crippen molar-refractivity contribution in [1.29, 1.82) is 5.26 Å². The van der Waals surface area contributed by atoms with E-state index in [1.54, 1.807) is 6.07 Å². The average molecular weight is 261 g/mol. The maximum Gasteiger partial charge on any atom is 0.305 e. The van der Waals surface area contributed by atoms with Crippen molar-refractivity contribution in [3.05, 3.63) is 29.3 Å². The summed E-state index contributed by atoms with van der Waals surface area (Å²) in [7, 11) is 1.38. The monoisotopic (exact) mass is 261 g/mol. The van der Waals surface area contributed by atoms with Gasteiger partial charge in [0, 0.05) is 6.42 Å². The van der Waals surface area contributed by atoms with Crippen LogP contribution in [0.25, 0.3) is 0 Å². The third-order valence-electron chi connectivity index (χ3n) is 3.31. The molecule has 0 bridgehead atoms. The summed E-state index contributed by atoms with van der Waals surface area (Å²) in [6.45, 7) is 4.11. The molecule has 0 aliphatic heterocycles. The molecule has 0 aliphatic rings. The number of hydrogen-bond donors (Lipinski definition) is 1. The van der Waals surface area contributed by atoms with Crippen LogP contribution in [0.4, 0.5) is 0 Å². The van der Waals surface area contributed by atoms with E-state index in [4.69, 9.17) is 5.26 Å². The van der Waals surface area contributed by atoms with Crippen LogP contribution < -0.4 is 0 Å². The van der Waals surface area contributed by atoms with Crippen LogP contribution in [-0.4, -0.2) is 18.2 Å². The summed E-state index contributed by atoms with van der Waals surface area (Å²) in [4.78, 5) is 11.1. The van der Waals surface area contributed by atoms with Gasteiger partial charge < -0.3 is 9.84 Å². The maximum absolute atomic E-state index is 11.1. The molecule has 0 aromatic heterocycles. The van der Waals surface area contributed by atoms with E-state index < -0.39 is 0 Å². The largest absolute Gasteiger partial charge is 0.507 e. The first-order valence-corrected chi connectivity index (χ1v) is 6.21. The standard InChI is InChI=1S/C15H19NO3/c1-15(2,8-4-5-14(18)19-3)12-6-7-13(17)11(9-12)10-16/h6-7,9,17H,4-5,8H2,1-3H3. The third-order valence-corrected chi connectivity index (χ3v) is 3.31. The second kappa shape index (κ2) is 6.24. The Kier molecular flexibility index (Phi) is 4.94. The van der Waals surface area contributed by atoms with Crippen LogP contribution in [0.15, 0.2) is 18.2 Å². The Morgan fingerprint density at radius 3 is 2.74 bits per heavy atom. The van der Waals surface area contributed by atoms with E-state index in [2.05, 4.69) is 18.6 Å². The van der Waals surface area contributed by atoms with Crippen LogP contribution in [0, 0.1) is 11.3 Å². The van der Waals surface area contributed by atoms with E-state index in [1.807, 2.05) is 12.1 Å². The molecule has 0 atom stereocenters. The number of ether oxygens (including phenoxy) is 1. The minimum absolute atomic E-state index is 0.00314. The van der Waals surface area contributed by atoms with Gasteiger partial charge >= 0.3 is 5.97 Å². The molecular formula is C15H19NO3. The number of phenols is 1. The zero-order chi connectivity index (χ0) is 14.5. The Labute approximate surface area is 113 Å². The summed E-state index contributed by atoms with van der Waals surface area (Å²) < 4.78 is 4.61. The van der Waals surface area contributed by atoms with Crippen LogP contribution in [0.1, 0.15) is 44.2 Å². The van der Waals surface area contributed by atoms with Gasteiger partial charge in [0.15, 0.2) is 0 Å². The van der Waals surface area contributed by atoms with Crippen LogP contribution in [0.3, 0.4) is 0 Å². The van der Waals surface area contributed by atoms with E-state index in [9.17, 15) is 9.90 Å². The van der Waals surface area contributed by atoms with Gasteiger partial charge in [-0.2, -0.15) is 5.26 Å². The van der Waals surface area contributed by atoms with Gasteiger partial charge in [0.1, 0.15) is 11.8 Å². The fourth-order valence-electron chi connectivity index (χ4n) is 1.97. The Hall–Kier alpha value is -2.02. The van der Waals surface area contributed by atoms with Gasteiger partial charge in [-0.15, -0.1) is 0 Å². The molecule has 4 nitrogen and oxygen atoms in total. The number of rotatable bonds is 5. The fourth-order valence-corrected chi connectivity index (χ4v) is 1.97. The predicted molar refractivity (Wildman–Crippen MR) is 71.7 cm³/mol.